The van der Waals surface area contributed by atoms with Gasteiger partial charge in [0.15, 0.2) is 17.5 Å². The molecule has 7 rings (SSSR count). The van der Waals surface area contributed by atoms with Gasteiger partial charge in [-0.2, -0.15) is 5.16 Å². The number of benzene rings is 5. The number of aliphatic imine (C=N–C) groups is 2. The summed E-state index contributed by atoms with van der Waals surface area (Å²) < 4.78 is 48.5. The monoisotopic (exact) mass is 1200 g/mol. The number of isothiocyanates is 1. The molecule has 0 unspecified atom stereocenters. The van der Waals surface area contributed by atoms with Crippen LogP contribution in [0.25, 0.3) is 27.2 Å². The van der Waals surface area contributed by atoms with Crippen molar-refractivity contribution in [2.24, 2.45) is 9.98 Å². The van der Waals surface area contributed by atoms with Gasteiger partial charge < -0.3 is 30.6 Å². The van der Waals surface area contributed by atoms with Crippen molar-refractivity contribution in [3.63, 3.8) is 0 Å². The van der Waals surface area contributed by atoms with Gasteiger partial charge in [0, 0.05) is 35.6 Å². The third-order valence-corrected chi connectivity index (χ3v) is 10.3. The Labute approximate surface area is 393 Å². The summed E-state index contributed by atoms with van der Waals surface area (Å²) in [5, 5.41) is 34.1. The van der Waals surface area contributed by atoms with E-state index in [1.165, 1.54) is 85.1 Å². The summed E-state index contributed by atoms with van der Waals surface area (Å²) in [5.41, 5.74) is 4.06. The Bertz CT molecular complexity index is 2370. The summed E-state index contributed by atoms with van der Waals surface area (Å²) in [6.45, 7) is 0. The minimum Gasteiger partial charge on any atom is -0.872 e. The number of nitrogens with zero attached hydrogens (tertiary/aromatic N) is 5. The van der Waals surface area contributed by atoms with Crippen LogP contribution in [0.15, 0.2) is 119 Å². The first-order valence-corrected chi connectivity index (χ1v) is 19.7. The van der Waals surface area contributed by atoms with Crippen molar-refractivity contribution in [1.29, 1.82) is 0 Å². The van der Waals surface area contributed by atoms with Crippen LogP contribution in [0.1, 0.15) is 11.1 Å². The number of thiocarbonyl (C=S) groups is 1. The first kappa shape index (κ1) is 50.9. The fraction of sp³-hybridized carbons (Fsp3) is 0.0488. The van der Waals surface area contributed by atoms with Crippen LogP contribution in [0.3, 0.4) is 0 Å². The molecule has 0 aliphatic heterocycles. The van der Waals surface area contributed by atoms with Gasteiger partial charge in [-0.3, -0.25) is 20.0 Å². The second-order valence-electron chi connectivity index (χ2n) is 11.0. The number of halogens is 6. The van der Waals surface area contributed by atoms with Crippen LogP contribution in [0.4, 0.5) is 24.5 Å². The molecule has 0 aliphatic rings. The third-order valence-electron chi connectivity index (χ3n) is 7.50. The maximum Gasteiger partial charge on any atom is 3.00 e. The Morgan fingerprint density at radius 1 is 0.644 bits per heavy atom. The molecule has 2 N–H and O–H groups in total. The molecule has 5 aromatic carbocycles. The predicted molar refractivity (Wildman–Crippen MR) is 247 cm³/mol. The van der Waals surface area contributed by atoms with Gasteiger partial charge in [0.2, 0.25) is 0 Å². The third kappa shape index (κ3) is 13.9. The van der Waals surface area contributed by atoms with E-state index in [2.05, 4.69) is 32.2 Å². The number of fused-ring (bicyclic) bond motifs is 2. The van der Waals surface area contributed by atoms with E-state index >= 15 is 0 Å². The van der Waals surface area contributed by atoms with Crippen LogP contribution in [-0.4, -0.2) is 47.3 Å². The van der Waals surface area contributed by atoms with Crippen LogP contribution in [0.5, 0.6) is 23.0 Å². The van der Waals surface area contributed by atoms with Crippen LogP contribution in [0.2, 0.25) is 0 Å². The van der Waals surface area contributed by atoms with Gasteiger partial charge in [0.25, 0.3) is 0 Å². The normalized spacial score (nSPS) is 10.2. The minimum atomic E-state index is -0.827. The summed E-state index contributed by atoms with van der Waals surface area (Å²) in [6, 6.07) is 28.8. The average molecular weight is 1200 g/mol. The van der Waals surface area contributed by atoms with Crippen LogP contribution < -0.4 is 19.7 Å². The van der Waals surface area contributed by atoms with Gasteiger partial charge in [-0.05, 0) is 127 Å². The second-order valence-corrected chi connectivity index (χ2v) is 14.4. The Hall–Kier alpha value is -4.28. The molecule has 59 heavy (non-hydrogen) atoms. The molecule has 2 aromatic heterocycles. The van der Waals surface area contributed by atoms with E-state index in [4.69, 9.17) is 14.9 Å². The molecule has 2 heterocycles. The number of ether oxygens (including phenoxy) is 2. The zero-order chi connectivity index (χ0) is 41.5. The van der Waals surface area contributed by atoms with Crippen LogP contribution in [-0.2, 0) is 17.1 Å². The van der Waals surface area contributed by atoms with Gasteiger partial charge in [0.1, 0.15) is 11.5 Å². The molecule has 303 valence electrons. The van der Waals surface area contributed by atoms with Crippen molar-refractivity contribution in [2.75, 3.05) is 14.2 Å². The maximum atomic E-state index is 12.9. The summed E-state index contributed by atoms with van der Waals surface area (Å²) >= 11 is 8.23. The molecular weight excluding hydrogens is 1170 g/mol. The predicted octanol–water partition coefficient (Wildman–Crippen LogP) is 9.88. The number of pyridine rings is 2. The molecule has 7 aromatic rings. The maximum absolute atomic E-state index is 12.9. The molecule has 0 bridgehead atoms. The van der Waals surface area contributed by atoms with Crippen molar-refractivity contribution in [1.82, 2.24) is 9.97 Å². The second kappa shape index (κ2) is 25.4. The summed E-state index contributed by atoms with van der Waals surface area (Å²) in [4.78, 5) is 17.5. The Morgan fingerprint density at radius 2 is 0.983 bits per heavy atom. The van der Waals surface area contributed by atoms with Crippen LogP contribution >= 0.6 is 80.0 Å². The molecule has 0 saturated heterocycles. The largest absolute Gasteiger partial charge is 3.00 e. The number of para-hydroxylation sites is 2. The summed E-state index contributed by atoms with van der Waals surface area (Å²) in [7, 11) is 3.13. The van der Waals surface area contributed by atoms with Gasteiger partial charge >= 0.3 is 17.1 Å². The van der Waals surface area contributed by atoms with Crippen molar-refractivity contribution in [3.05, 3.63) is 154 Å². The number of hydrogen-bond donors (Lipinski definition) is 0. The summed E-state index contributed by atoms with van der Waals surface area (Å²) in [5.74, 6) is -1.40. The Kier molecular flexibility index (Phi) is 21.9. The average Bonchev–Trinajstić information content (AvgIpc) is 3.24. The molecule has 0 aliphatic carbocycles. The standard InChI is InChI=1S/2C17H14N2O2.C6F3I3.CNS.Fe.H2O/c2*1-21-14-7-8-16(20)13(10-14)11-19-15-6-2-4-12-5-3-9-18-17(12)15;7-1-4(10)2(8)6(12)3(9)5(1)11;2-1-3;;/h2*2-11,20H,1H3;;;;1H2/q;;;-1;+3;/p-2. The SMILES string of the molecule is COc1ccc([O-])c(C=Nc2cccc3cccnc23)c1.COc1ccc([O-])c(C=Nc2cccc3cccnc23)c1.Fc1c(I)c(F)c(I)c(F)c1I.O.[Fe+3].[N-]=C=S. The van der Waals surface area contributed by atoms with Crippen molar-refractivity contribution in [3.8, 4) is 23.0 Å². The van der Waals surface area contributed by atoms with Crippen LogP contribution in [0, 0.1) is 28.2 Å². The Morgan fingerprint density at radius 3 is 1.32 bits per heavy atom. The van der Waals surface area contributed by atoms with E-state index in [-0.39, 0.29) is 44.8 Å². The molecule has 0 fully saturated rings. The zero-order valence-corrected chi connectivity index (χ0v) is 38.8. The molecular formula is C41H28F3FeI3N5O5S. The molecule has 0 amide bonds. The van der Waals surface area contributed by atoms with Gasteiger partial charge in [0.05, 0.1) is 47.3 Å². The van der Waals surface area contributed by atoms with Crippen molar-refractivity contribution < 1.29 is 55.4 Å². The van der Waals surface area contributed by atoms with E-state index in [0.29, 0.717) is 22.6 Å². The molecule has 0 spiro atoms. The first-order valence-electron chi connectivity index (χ1n) is 16.1. The molecule has 0 atom stereocenters. The van der Waals surface area contributed by atoms with E-state index in [1.807, 2.05) is 60.7 Å². The van der Waals surface area contributed by atoms with E-state index < -0.39 is 17.5 Å². The molecule has 10 nitrogen and oxygen atoms in total. The minimum absolute atomic E-state index is 0. The number of methoxy groups -OCH3 is 2. The van der Waals surface area contributed by atoms with Gasteiger partial charge in [-0.1, -0.05) is 72.2 Å². The fourth-order valence-electron chi connectivity index (χ4n) is 4.75. The zero-order valence-electron chi connectivity index (χ0n) is 30.4. The molecule has 0 saturated carbocycles. The van der Waals surface area contributed by atoms with E-state index in [9.17, 15) is 23.4 Å². The Balaban J connectivity index is 0.000000300. The van der Waals surface area contributed by atoms with Gasteiger partial charge in [-0.25, -0.2) is 13.2 Å². The first-order chi connectivity index (χ1) is 27.4. The molecule has 1 radical (unpaired) electrons. The van der Waals surface area contributed by atoms with E-state index in [0.717, 1.165) is 33.2 Å². The van der Waals surface area contributed by atoms with Gasteiger partial charge in [-0.15, -0.1) is 0 Å². The van der Waals surface area contributed by atoms with Crippen molar-refractivity contribution >= 4 is 131 Å². The quantitative estimate of drug-likeness (QED) is 0.0399. The fourth-order valence-corrected chi connectivity index (χ4v) is 7.92. The topological polar surface area (TPSA) is 169 Å². The number of rotatable bonds is 6. The van der Waals surface area contributed by atoms with Crippen molar-refractivity contribution in [2.45, 2.75) is 0 Å². The smallest absolute Gasteiger partial charge is 0.872 e. The summed E-state index contributed by atoms with van der Waals surface area (Å²) in [6.07, 6.45) is 6.56. The number of aromatic nitrogens is 2. The van der Waals surface area contributed by atoms with E-state index in [1.54, 1.807) is 63.3 Å². The number of hydrogen-bond acceptors (Lipinski definition) is 9. The molecule has 18 heteroatoms.